The van der Waals surface area contributed by atoms with Crippen LogP contribution in [0.3, 0.4) is 0 Å². The van der Waals surface area contributed by atoms with Crippen molar-refractivity contribution in [1.29, 1.82) is 0 Å². The molecule has 4 heteroatoms. The first-order valence-corrected chi connectivity index (χ1v) is 7.43. The molecule has 0 bridgehead atoms. The minimum atomic E-state index is -0.367. The number of nitrogens with one attached hydrogen (secondary N) is 1. The number of hydrogen-bond acceptors (Lipinski definition) is 2. The SMILES string of the molecule is CC(CCCBr)NC(=O)C1Cc2ccccc2O1. The maximum absolute atomic E-state index is 12.0. The van der Waals surface area contributed by atoms with Crippen LogP contribution >= 0.6 is 15.9 Å². The monoisotopic (exact) mass is 311 g/mol. The Labute approximate surface area is 116 Å². The second-order valence-corrected chi connectivity index (χ2v) is 5.45. The third-order valence-corrected chi connectivity index (χ3v) is 3.66. The summed E-state index contributed by atoms with van der Waals surface area (Å²) < 4.78 is 5.65. The van der Waals surface area contributed by atoms with Crippen molar-refractivity contribution < 1.29 is 9.53 Å². The quantitative estimate of drug-likeness (QED) is 0.849. The van der Waals surface area contributed by atoms with E-state index in [0.29, 0.717) is 6.42 Å². The number of halogens is 1. The predicted molar refractivity (Wildman–Crippen MR) is 75.2 cm³/mol. The van der Waals surface area contributed by atoms with E-state index in [9.17, 15) is 4.79 Å². The minimum Gasteiger partial charge on any atom is -0.480 e. The summed E-state index contributed by atoms with van der Waals surface area (Å²) >= 11 is 3.39. The molecule has 2 unspecified atom stereocenters. The summed E-state index contributed by atoms with van der Waals surface area (Å²) in [6, 6.07) is 8.02. The van der Waals surface area contributed by atoms with E-state index in [1.807, 2.05) is 31.2 Å². The average molecular weight is 312 g/mol. The lowest BCUT2D eigenvalue weighted by atomic mass is 10.1. The Kier molecular flexibility index (Phi) is 4.64. The van der Waals surface area contributed by atoms with E-state index in [-0.39, 0.29) is 18.1 Å². The molecule has 0 aromatic heterocycles. The summed E-state index contributed by atoms with van der Waals surface area (Å²) in [4.78, 5) is 12.0. The van der Waals surface area contributed by atoms with Crippen LogP contribution in [0.25, 0.3) is 0 Å². The maximum atomic E-state index is 12.0. The van der Waals surface area contributed by atoms with Crippen LogP contribution in [0.5, 0.6) is 5.75 Å². The topological polar surface area (TPSA) is 38.3 Å². The van der Waals surface area contributed by atoms with Crippen molar-refractivity contribution in [3.63, 3.8) is 0 Å². The van der Waals surface area contributed by atoms with Gasteiger partial charge < -0.3 is 10.1 Å². The van der Waals surface area contributed by atoms with E-state index in [0.717, 1.165) is 29.5 Å². The van der Waals surface area contributed by atoms with Crippen molar-refractivity contribution >= 4 is 21.8 Å². The zero-order valence-electron chi connectivity index (χ0n) is 10.5. The lowest BCUT2D eigenvalue weighted by molar-refractivity contribution is -0.127. The normalized spacial score (nSPS) is 18.9. The first-order valence-electron chi connectivity index (χ1n) is 6.31. The van der Waals surface area contributed by atoms with E-state index >= 15 is 0 Å². The molecule has 98 valence electrons. The highest BCUT2D eigenvalue weighted by Gasteiger charge is 2.29. The van der Waals surface area contributed by atoms with Crippen LogP contribution in [-0.4, -0.2) is 23.4 Å². The number of para-hydroxylation sites is 1. The lowest BCUT2D eigenvalue weighted by Crippen LogP contribution is -2.42. The number of fused-ring (bicyclic) bond motifs is 1. The summed E-state index contributed by atoms with van der Waals surface area (Å²) in [5, 5.41) is 3.98. The molecule has 1 amide bonds. The zero-order chi connectivity index (χ0) is 13.0. The molecule has 3 nitrogen and oxygen atoms in total. The van der Waals surface area contributed by atoms with Crippen LogP contribution in [-0.2, 0) is 11.2 Å². The van der Waals surface area contributed by atoms with Crippen LogP contribution in [0.2, 0.25) is 0 Å². The van der Waals surface area contributed by atoms with Crippen LogP contribution in [0, 0.1) is 0 Å². The highest BCUT2D eigenvalue weighted by atomic mass is 79.9. The summed E-state index contributed by atoms with van der Waals surface area (Å²) in [6.45, 7) is 2.03. The van der Waals surface area contributed by atoms with E-state index < -0.39 is 0 Å². The van der Waals surface area contributed by atoms with Crippen molar-refractivity contribution in [2.24, 2.45) is 0 Å². The highest BCUT2D eigenvalue weighted by molar-refractivity contribution is 9.09. The average Bonchev–Trinajstić information content (AvgIpc) is 2.80. The van der Waals surface area contributed by atoms with Gasteiger partial charge >= 0.3 is 0 Å². The Morgan fingerprint density at radius 3 is 3.06 bits per heavy atom. The third kappa shape index (κ3) is 3.25. The number of amides is 1. The van der Waals surface area contributed by atoms with Crippen LogP contribution in [0.15, 0.2) is 24.3 Å². The molecule has 1 heterocycles. The maximum Gasteiger partial charge on any atom is 0.261 e. The van der Waals surface area contributed by atoms with Gasteiger partial charge in [0, 0.05) is 17.8 Å². The summed E-state index contributed by atoms with van der Waals surface area (Å²) in [6.07, 6.45) is 2.35. The summed E-state index contributed by atoms with van der Waals surface area (Å²) in [7, 11) is 0. The number of carbonyl (C=O) groups excluding carboxylic acids is 1. The van der Waals surface area contributed by atoms with Gasteiger partial charge in [-0.15, -0.1) is 0 Å². The van der Waals surface area contributed by atoms with Crippen molar-refractivity contribution in [2.75, 3.05) is 5.33 Å². The molecule has 2 atom stereocenters. The van der Waals surface area contributed by atoms with Gasteiger partial charge in [0.05, 0.1) is 0 Å². The number of hydrogen-bond donors (Lipinski definition) is 1. The second kappa shape index (κ2) is 6.23. The van der Waals surface area contributed by atoms with Gasteiger partial charge in [-0.05, 0) is 31.4 Å². The van der Waals surface area contributed by atoms with Crippen LogP contribution in [0.1, 0.15) is 25.3 Å². The first-order chi connectivity index (χ1) is 8.70. The Balaban J connectivity index is 1.85. The highest BCUT2D eigenvalue weighted by Crippen LogP contribution is 2.28. The number of carbonyl (C=O) groups is 1. The summed E-state index contributed by atoms with van der Waals surface area (Å²) in [5.41, 5.74) is 1.12. The molecule has 18 heavy (non-hydrogen) atoms. The molecule has 1 aliphatic rings. The zero-order valence-corrected chi connectivity index (χ0v) is 12.1. The molecule has 0 aliphatic carbocycles. The van der Waals surface area contributed by atoms with Gasteiger partial charge in [0.25, 0.3) is 5.91 Å². The van der Waals surface area contributed by atoms with Gasteiger partial charge in [0.15, 0.2) is 6.10 Å². The Morgan fingerprint density at radius 1 is 1.56 bits per heavy atom. The number of benzene rings is 1. The molecular weight excluding hydrogens is 294 g/mol. The van der Waals surface area contributed by atoms with Gasteiger partial charge in [0.1, 0.15) is 5.75 Å². The summed E-state index contributed by atoms with van der Waals surface area (Å²) in [5.74, 6) is 0.832. The first kappa shape index (κ1) is 13.4. The molecular formula is C14H18BrNO2. The van der Waals surface area contributed by atoms with E-state index in [1.165, 1.54) is 0 Å². The van der Waals surface area contributed by atoms with Gasteiger partial charge in [0.2, 0.25) is 0 Å². The van der Waals surface area contributed by atoms with Gasteiger partial charge in [-0.2, -0.15) is 0 Å². The molecule has 1 N–H and O–H groups in total. The van der Waals surface area contributed by atoms with Gasteiger partial charge in [-0.1, -0.05) is 34.1 Å². The number of ether oxygens (including phenoxy) is 1. The van der Waals surface area contributed by atoms with Gasteiger partial charge in [-0.3, -0.25) is 4.79 Å². The van der Waals surface area contributed by atoms with Crippen molar-refractivity contribution in [2.45, 2.75) is 38.3 Å². The fraction of sp³-hybridized carbons (Fsp3) is 0.500. The van der Waals surface area contributed by atoms with Crippen molar-refractivity contribution in [3.8, 4) is 5.75 Å². The molecule has 0 saturated heterocycles. The molecule has 2 rings (SSSR count). The van der Waals surface area contributed by atoms with Gasteiger partial charge in [-0.25, -0.2) is 0 Å². The number of rotatable bonds is 5. The Morgan fingerprint density at radius 2 is 2.33 bits per heavy atom. The van der Waals surface area contributed by atoms with Crippen molar-refractivity contribution in [1.82, 2.24) is 5.32 Å². The Hall–Kier alpha value is -1.03. The molecule has 0 fully saturated rings. The lowest BCUT2D eigenvalue weighted by Gasteiger charge is -2.16. The third-order valence-electron chi connectivity index (χ3n) is 3.10. The molecule has 1 aromatic carbocycles. The largest absolute Gasteiger partial charge is 0.480 e. The standard InChI is InChI=1S/C14H18BrNO2/c1-10(5-4-8-15)16-14(17)13-9-11-6-2-3-7-12(11)18-13/h2-3,6-7,10,13H,4-5,8-9H2,1H3,(H,16,17). The fourth-order valence-corrected chi connectivity index (χ4v) is 2.44. The molecule has 0 spiro atoms. The molecule has 1 aliphatic heterocycles. The van der Waals surface area contributed by atoms with Crippen LogP contribution < -0.4 is 10.1 Å². The number of alkyl halides is 1. The van der Waals surface area contributed by atoms with E-state index in [1.54, 1.807) is 0 Å². The smallest absolute Gasteiger partial charge is 0.261 e. The second-order valence-electron chi connectivity index (χ2n) is 4.66. The Bertz CT molecular complexity index is 397. The van der Waals surface area contributed by atoms with Crippen molar-refractivity contribution in [3.05, 3.63) is 29.8 Å². The molecule has 0 saturated carbocycles. The predicted octanol–water partition coefficient (Wildman–Crippen LogP) is 2.67. The molecule has 0 radical (unpaired) electrons. The minimum absolute atomic E-state index is 0.00623. The van der Waals surface area contributed by atoms with Crippen LogP contribution in [0.4, 0.5) is 0 Å². The fourth-order valence-electron chi connectivity index (χ4n) is 2.12. The van der Waals surface area contributed by atoms with E-state index in [4.69, 9.17) is 4.74 Å². The molecule has 1 aromatic rings. The van der Waals surface area contributed by atoms with E-state index in [2.05, 4.69) is 21.2 Å².